The lowest BCUT2D eigenvalue weighted by molar-refractivity contribution is -0.131. The van der Waals surface area contributed by atoms with Gasteiger partial charge < -0.3 is 20.2 Å². The van der Waals surface area contributed by atoms with Crippen LogP contribution in [0.2, 0.25) is 0 Å². The topological polar surface area (TPSA) is 81.6 Å². The van der Waals surface area contributed by atoms with Crippen molar-refractivity contribution >= 4 is 11.9 Å². The number of amides is 1. The molecule has 2 aliphatic rings. The van der Waals surface area contributed by atoms with Crippen LogP contribution in [0.15, 0.2) is 18.5 Å². The number of nitrogens with one attached hydrogen (secondary N) is 1. The molecule has 1 aromatic heterocycles. The van der Waals surface area contributed by atoms with Gasteiger partial charge in [-0.15, -0.1) is 0 Å². The highest BCUT2D eigenvalue weighted by Gasteiger charge is 2.38. The van der Waals surface area contributed by atoms with E-state index in [0.29, 0.717) is 70.9 Å². The average molecular weight is 411 g/mol. The zero-order valence-corrected chi connectivity index (χ0v) is 16.8. The summed E-state index contributed by atoms with van der Waals surface area (Å²) in [4.78, 5) is 24.4. The molecule has 1 atom stereocenters. The molecule has 2 saturated heterocycles. The van der Waals surface area contributed by atoms with Crippen LogP contribution < -0.4 is 5.32 Å². The minimum atomic E-state index is -2.58. The molecule has 0 radical (unpaired) electrons. The number of carbonyl (C=O) groups excluding carboxylic acids is 1. The van der Waals surface area contributed by atoms with Crippen molar-refractivity contribution in [3.8, 4) is 0 Å². The number of rotatable bonds is 7. The Kier molecular flexibility index (Phi) is 7.34. The van der Waals surface area contributed by atoms with E-state index in [1.807, 2.05) is 9.80 Å². The fraction of sp³-hybridized carbons (Fsp3) is 0.750. The Bertz CT molecular complexity index is 654. The summed E-state index contributed by atoms with van der Waals surface area (Å²) in [6.45, 7) is 2.80. The molecule has 1 amide bonds. The molecule has 2 aliphatic heterocycles. The van der Waals surface area contributed by atoms with Crippen molar-refractivity contribution in [2.24, 2.45) is 0 Å². The third kappa shape index (κ3) is 6.85. The first kappa shape index (κ1) is 21.8. The standard InChI is InChI=1S/C20H31F2N5O2/c21-20(22)7-13-26(14-8-20)16-19(29)5-2-12-27(15-6-19)17(28)4-1-9-23-18-24-10-3-11-25-18/h3,10-11,29H,1-2,4-9,12-16H2,(H,23,24,25). The zero-order chi connectivity index (χ0) is 20.7. The molecule has 29 heavy (non-hydrogen) atoms. The summed E-state index contributed by atoms with van der Waals surface area (Å²) < 4.78 is 26.7. The summed E-state index contributed by atoms with van der Waals surface area (Å²) in [6.07, 6.45) is 5.95. The predicted octanol–water partition coefficient (Wildman–Crippen LogP) is 2.14. The highest BCUT2D eigenvalue weighted by atomic mass is 19.3. The van der Waals surface area contributed by atoms with Crippen LogP contribution in [0.25, 0.3) is 0 Å². The van der Waals surface area contributed by atoms with Crippen molar-refractivity contribution in [1.29, 1.82) is 0 Å². The number of likely N-dealkylation sites (tertiary alicyclic amines) is 2. The number of hydrogen-bond acceptors (Lipinski definition) is 6. The molecule has 1 unspecified atom stereocenters. The van der Waals surface area contributed by atoms with E-state index < -0.39 is 11.5 Å². The van der Waals surface area contributed by atoms with E-state index in [1.165, 1.54) is 0 Å². The minimum absolute atomic E-state index is 0.0858. The molecule has 0 bridgehead atoms. The molecule has 1 aromatic rings. The second-order valence-corrected chi connectivity index (χ2v) is 8.19. The Balaban J connectivity index is 1.38. The number of nitrogens with zero attached hydrogens (tertiary/aromatic N) is 4. The number of anilines is 1. The van der Waals surface area contributed by atoms with Gasteiger partial charge in [0.15, 0.2) is 0 Å². The lowest BCUT2D eigenvalue weighted by Crippen LogP contribution is -2.48. The Labute approximate surface area is 170 Å². The van der Waals surface area contributed by atoms with Crippen molar-refractivity contribution in [2.75, 3.05) is 44.6 Å². The fourth-order valence-corrected chi connectivity index (χ4v) is 4.03. The van der Waals surface area contributed by atoms with E-state index in [-0.39, 0.29) is 18.7 Å². The van der Waals surface area contributed by atoms with E-state index in [1.54, 1.807) is 18.5 Å². The van der Waals surface area contributed by atoms with Crippen LogP contribution in [-0.4, -0.2) is 81.6 Å². The van der Waals surface area contributed by atoms with Gasteiger partial charge in [-0.3, -0.25) is 4.79 Å². The van der Waals surface area contributed by atoms with Crippen LogP contribution in [0.5, 0.6) is 0 Å². The summed E-state index contributed by atoms with van der Waals surface area (Å²) in [6, 6.07) is 1.75. The monoisotopic (exact) mass is 411 g/mol. The number of aliphatic hydroxyl groups is 1. The number of alkyl halides is 2. The molecule has 0 aromatic carbocycles. The molecule has 2 fully saturated rings. The van der Waals surface area contributed by atoms with Crippen molar-refractivity contribution in [1.82, 2.24) is 19.8 Å². The number of halogens is 2. The van der Waals surface area contributed by atoms with Gasteiger partial charge in [-0.2, -0.15) is 0 Å². The summed E-state index contributed by atoms with van der Waals surface area (Å²) >= 11 is 0. The predicted molar refractivity (Wildman–Crippen MR) is 106 cm³/mol. The zero-order valence-electron chi connectivity index (χ0n) is 16.8. The molecular weight excluding hydrogens is 380 g/mol. The number of hydrogen-bond donors (Lipinski definition) is 2. The SMILES string of the molecule is O=C(CCCNc1ncccn1)N1CCCC(O)(CN2CCC(F)(F)CC2)CC1. The van der Waals surface area contributed by atoms with Gasteiger partial charge in [-0.25, -0.2) is 18.7 Å². The van der Waals surface area contributed by atoms with E-state index in [0.717, 1.165) is 6.42 Å². The fourth-order valence-electron chi connectivity index (χ4n) is 4.03. The number of carbonyl (C=O) groups is 1. The summed E-state index contributed by atoms with van der Waals surface area (Å²) in [7, 11) is 0. The second-order valence-electron chi connectivity index (χ2n) is 8.19. The summed E-state index contributed by atoms with van der Waals surface area (Å²) in [5.41, 5.74) is -0.909. The highest BCUT2D eigenvalue weighted by molar-refractivity contribution is 5.76. The molecule has 7 nitrogen and oxygen atoms in total. The molecule has 0 aliphatic carbocycles. The Morgan fingerprint density at radius 1 is 1.10 bits per heavy atom. The average Bonchev–Trinajstić information content (AvgIpc) is 2.89. The Hall–Kier alpha value is -1.87. The maximum absolute atomic E-state index is 13.3. The second kappa shape index (κ2) is 9.75. The quantitative estimate of drug-likeness (QED) is 0.669. The first-order chi connectivity index (χ1) is 13.9. The molecule has 0 spiro atoms. The van der Waals surface area contributed by atoms with Crippen LogP contribution in [0.4, 0.5) is 14.7 Å². The molecule has 9 heteroatoms. The number of piperidine rings is 1. The molecule has 162 valence electrons. The van der Waals surface area contributed by atoms with Gasteiger partial charge in [0.1, 0.15) is 0 Å². The van der Waals surface area contributed by atoms with Gasteiger partial charge in [-0.05, 0) is 31.7 Å². The summed E-state index contributed by atoms with van der Waals surface area (Å²) in [5.74, 6) is -1.94. The van der Waals surface area contributed by atoms with E-state index in [2.05, 4.69) is 15.3 Å². The third-order valence-electron chi connectivity index (χ3n) is 5.79. The van der Waals surface area contributed by atoms with Crippen molar-refractivity contribution in [2.45, 2.75) is 56.5 Å². The van der Waals surface area contributed by atoms with Crippen molar-refractivity contribution in [3.63, 3.8) is 0 Å². The first-order valence-corrected chi connectivity index (χ1v) is 10.5. The van der Waals surface area contributed by atoms with Crippen LogP contribution in [-0.2, 0) is 4.79 Å². The van der Waals surface area contributed by atoms with Crippen LogP contribution >= 0.6 is 0 Å². The molecule has 3 rings (SSSR count). The maximum atomic E-state index is 13.3. The third-order valence-corrected chi connectivity index (χ3v) is 5.79. The van der Waals surface area contributed by atoms with E-state index in [4.69, 9.17) is 0 Å². The molecule has 3 heterocycles. The Morgan fingerprint density at radius 3 is 2.55 bits per heavy atom. The van der Waals surface area contributed by atoms with Crippen LogP contribution in [0.3, 0.4) is 0 Å². The molecule has 0 saturated carbocycles. The van der Waals surface area contributed by atoms with E-state index in [9.17, 15) is 18.7 Å². The van der Waals surface area contributed by atoms with Gasteiger partial charge in [-0.1, -0.05) is 0 Å². The van der Waals surface area contributed by atoms with Crippen LogP contribution in [0.1, 0.15) is 44.9 Å². The van der Waals surface area contributed by atoms with E-state index >= 15 is 0 Å². The maximum Gasteiger partial charge on any atom is 0.250 e. The summed E-state index contributed by atoms with van der Waals surface area (Å²) in [5, 5.41) is 14.1. The van der Waals surface area contributed by atoms with Gasteiger partial charge >= 0.3 is 0 Å². The number of β-amino-alcohol motifs (C(OH)–C–C–N with tert-alkyl or cyclic N) is 1. The van der Waals surface area contributed by atoms with Gasteiger partial charge in [0.25, 0.3) is 5.92 Å². The molecule has 2 N–H and O–H groups in total. The van der Waals surface area contributed by atoms with Crippen LogP contribution in [0, 0.1) is 0 Å². The lowest BCUT2D eigenvalue weighted by atomic mass is 9.93. The first-order valence-electron chi connectivity index (χ1n) is 10.5. The van der Waals surface area contributed by atoms with Crippen molar-refractivity contribution < 1.29 is 18.7 Å². The Morgan fingerprint density at radius 2 is 1.83 bits per heavy atom. The largest absolute Gasteiger partial charge is 0.388 e. The van der Waals surface area contributed by atoms with Gasteiger partial charge in [0.05, 0.1) is 5.60 Å². The normalized spacial score (nSPS) is 25.4. The minimum Gasteiger partial charge on any atom is -0.388 e. The number of aromatic nitrogens is 2. The molecular formula is C20H31F2N5O2. The smallest absolute Gasteiger partial charge is 0.250 e. The highest BCUT2D eigenvalue weighted by Crippen LogP contribution is 2.30. The van der Waals surface area contributed by atoms with Gasteiger partial charge in [0, 0.05) is 70.9 Å². The lowest BCUT2D eigenvalue weighted by Gasteiger charge is -2.37. The van der Waals surface area contributed by atoms with Gasteiger partial charge in [0.2, 0.25) is 11.9 Å². The van der Waals surface area contributed by atoms with Crippen molar-refractivity contribution in [3.05, 3.63) is 18.5 Å².